The molecule has 2 heterocycles. The number of aliphatic hydroxyl groups excluding tert-OH is 1. The minimum absolute atomic E-state index is 0.0647. The molecule has 158 valence electrons. The lowest BCUT2D eigenvalue weighted by Gasteiger charge is -2.25. The van der Waals surface area contributed by atoms with E-state index >= 15 is 0 Å². The Labute approximate surface area is 175 Å². The quantitative estimate of drug-likeness (QED) is 0.309. The lowest BCUT2D eigenvalue weighted by atomic mass is 9.95. The lowest BCUT2D eigenvalue weighted by molar-refractivity contribution is -0.139. The molecule has 1 atom stereocenters. The fourth-order valence-corrected chi connectivity index (χ4v) is 3.67. The molecule has 1 aliphatic rings. The third-order valence-corrected chi connectivity index (χ3v) is 5.22. The fraction of sp³-hybridized carbons (Fsp3) is 0.348. The van der Waals surface area contributed by atoms with Crippen LogP contribution in [0.2, 0.25) is 0 Å². The van der Waals surface area contributed by atoms with Crippen LogP contribution in [0.3, 0.4) is 0 Å². The number of likely N-dealkylation sites (tertiary alicyclic amines) is 1. The molecule has 1 N–H and O–H groups in total. The zero-order valence-electron chi connectivity index (χ0n) is 17.4. The number of nitrogens with zero attached hydrogens (tertiary/aromatic N) is 2. The Morgan fingerprint density at radius 1 is 1.07 bits per heavy atom. The SMILES string of the molecule is CCCCCN1C(=O)C(=O)/C(=C(\O)c2ccc(OC)c(OC)c2)C1c1ccncc1. The van der Waals surface area contributed by atoms with Crippen LogP contribution in [0.1, 0.15) is 43.4 Å². The number of carbonyl (C=O) groups is 2. The van der Waals surface area contributed by atoms with Crippen molar-refractivity contribution in [3.63, 3.8) is 0 Å². The van der Waals surface area contributed by atoms with Gasteiger partial charge in [0.25, 0.3) is 11.7 Å². The molecule has 0 bridgehead atoms. The molecule has 0 saturated carbocycles. The number of amides is 1. The van der Waals surface area contributed by atoms with Gasteiger partial charge in [0.2, 0.25) is 0 Å². The normalized spacial score (nSPS) is 18.0. The van der Waals surface area contributed by atoms with Gasteiger partial charge in [-0.25, -0.2) is 0 Å². The second-order valence-corrected chi connectivity index (χ2v) is 7.05. The first-order valence-electron chi connectivity index (χ1n) is 9.94. The van der Waals surface area contributed by atoms with Crippen LogP contribution in [0.25, 0.3) is 5.76 Å². The first-order valence-corrected chi connectivity index (χ1v) is 9.94. The van der Waals surface area contributed by atoms with Gasteiger partial charge in [0.1, 0.15) is 5.76 Å². The standard InChI is InChI=1S/C23H26N2O5/c1-4-5-6-13-25-20(15-9-11-24-12-10-15)19(22(27)23(25)28)21(26)16-7-8-17(29-2)18(14-16)30-3/h7-12,14,20,26H,4-6,13H2,1-3H3/b21-19-. The molecule has 7 nitrogen and oxygen atoms in total. The molecule has 1 unspecified atom stereocenters. The summed E-state index contributed by atoms with van der Waals surface area (Å²) in [5, 5.41) is 11.1. The predicted octanol–water partition coefficient (Wildman–Crippen LogP) is 3.71. The number of unbranched alkanes of at least 4 members (excludes halogenated alkanes) is 2. The number of carbonyl (C=O) groups excluding carboxylic acids is 2. The maximum absolute atomic E-state index is 12.9. The van der Waals surface area contributed by atoms with Crippen molar-refractivity contribution in [1.82, 2.24) is 9.88 Å². The van der Waals surface area contributed by atoms with Crippen LogP contribution in [0.15, 0.2) is 48.3 Å². The van der Waals surface area contributed by atoms with Crippen LogP contribution < -0.4 is 9.47 Å². The Morgan fingerprint density at radius 2 is 1.77 bits per heavy atom. The van der Waals surface area contributed by atoms with Crippen LogP contribution in [-0.2, 0) is 9.59 Å². The summed E-state index contributed by atoms with van der Waals surface area (Å²) in [6.07, 6.45) is 5.94. The van der Waals surface area contributed by atoms with Crippen molar-refractivity contribution < 1.29 is 24.2 Å². The van der Waals surface area contributed by atoms with Gasteiger partial charge in [0.05, 0.1) is 25.8 Å². The zero-order chi connectivity index (χ0) is 21.7. The average molecular weight is 410 g/mol. The van der Waals surface area contributed by atoms with Crippen molar-refractivity contribution in [3.05, 3.63) is 59.4 Å². The lowest BCUT2D eigenvalue weighted by Crippen LogP contribution is -2.30. The summed E-state index contributed by atoms with van der Waals surface area (Å²) in [5.41, 5.74) is 1.16. The molecule has 0 spiro atoms. The molecular weight excluding hydrogens is 384 g/mol. The number of ketones is 1. The minimum atomic E-state index is -0.694. The molecule has 0 aliphatic carbocycles. The second kappa shape index (κ2) is 9.43. The van der Waals surface area contributed by atoms with E-state index in [0.29, 0.717) is 23.6 Å². The van der Waals surface area contributed by atoms with Crippen molar-refractivity contribution in [2.75, 3.05) is 20.8 Å². The number of rotatable bonds is 8. The van der Waals surface area contributed by atoms with Crippen LogP contribution in [0.4, 0.5) is 0 Å². The number of aromatic nitrogens is 1. The van der Waals surface area contributed by atoms with E-state index in [0.717, 1.165) is 24.8 Å². The third-order valence-electron chi connectivity index (χ3n) is 5.22. The number of ether oxygens (including phenoxy) is 2. The largest absolute Gasteiger partial charge is 0.507 e. The van der Waals surface area contributed by atoms with E-state index in [4.69, 9.17) is 9.47 Å². The van der Waals surface area contributed by atoms with Crippen molar-refractivity contribution in [1.29, 1.82) is 0 Å². The van der Waals surface area contributed by atoms with E-state index in [2.05, 4.69) is 11.9 Å². The predicted molar refractivity (Wildman–Crippen MR) is 112 cm³/mol. The summed E-state index contributed by atoms with van der Waals surface area (Å²) >= 11 is 0. The molecule has 1 amide bonds. The van der Waals surface area contributed by atoms with Crippen molar-refractivity contribution in [3.8, 4) is 11.5 Å². The van der Waals surface area contributed by atoms with Crippen LogP contribution in [0.5, 0.6) is 11.5 Å². The maximum atomic E-state index is 12.9. The highest BCUT2D eigenvalue weighted by Crippen LogP contribution is 2.40. The van der Waals surface area contributed by atoms with Gasteiger partial charge in [-0.15, -0.1) is 0 Å². The number of hydrogen-bond donors (Lipinski definition) is 1. The Bertz CT molecular complexity index is 955. The molecule has 1 aliphatic heterocycles. The topological polar surface area (TPSA) is 89.0 Å². The Morgan fingerprint density at radius 3 is 2.40 bits per heavy atom. The summed E-state index contributed by atoms with van der Waals surface area (Å²) in [7, 11) is 3.01. The molecule has 1 saturated heterocycles. The van der Waals surface area contributed by atoms with Gasteiger partial charge in [-0.05, 0) is 42.3 Å². The van der Waals surface area contributed by atoms with E-state index < -0.39 is 17.7 Å². The Balaban J connectivity index is 2.12. The second-order valence-electron chi connectivity index (χ2n) is 7.05. The van der Waals surface area contributed by atoms with E-state index in [1.54, 1.807) is 47.6 Å². The van der Waals surface area contributed by atoms with Gasteiger partial charge in [0, 0.05) is 24.5 Å². The van der Waals surface area contributed by atoms with Gasteiger partial charge in [-0.1, -0.05) is 19.8 Å². The number of aliphatic hydroxyl groups is 1. The highest BCUT2D eigenvalue weighted by atomic mass is 16.5. The summed E-state index contributed by atoms with van der Waals surface area (Å²) in [5.74, 6) is -0.622. The summed E-state index contributed by atoms with van der Waals surface area (Å²) in [6, 6.07) is 7.70. The van der Waals surface area contributed by atoms with Crippen molar-refractivity contribution in [2.24, 2.45) is 0 Å². The van der Waals surface area contributed by atoms with E-state index in [1.807, 2.05) is 0 Å². The number of methoxy groups -OCH3 is 2. The van der Waals surface area contributed by atoms with Gasteiger partial charge >= 0.3 is 0 Å². The molecule has 1 aromatic carbocycles. The number of benzene rings is 1. The smallest absolute Gasteiger partial charge is 0.295 e. The van der Waals surface area contributed by atoms with Gasteiger partial charge in [-0.3, -0.25) is 14.6 Å². The van der Waals surface area contributed by atoms with Crippen LogP contribution in [-0.4, -0.2) is 47.4 Å². The fourth-order valence-electron chi connectivity index (χ4n) is 3.67. The third kappa shape index (κ3) is 4.01. The summed E-state index contributed by atoms with van der Waals surface area (Å²) in [6.45, 7) is 2.51. The highest BCUT2D eigenvalue weighted by Gasteiger charge is 2.45. The van der Waals surface area contributed by atoms with Crippen LogP contribution in [0, 0.1) is 0 Å². The molecule has 3 rings (SSSR count). The average Bonchev–Trinajstić information content (AvgIpc) is 3.03. The van der Waals surface area contributed by atoms with E-state index in [1.165, 1.54) is 14.2 Å². The summed E-state index contributed by atoms with van der Waals surface area (Å²) in [4.78, 5) is 31.3. The van der Waals surface area contributed by atoms with E-state index in [9.17, 15) is 14.7 Å². The summed E-state index contributed by atoms with van der Waals surface area (Å²) < 4.78 is 10.5. The van der Waals surface area contributed by atoms with E-state index in [-0.39, 0.29) is 11.3 Å². The molecule has 2 aromatic rings. The van der Waals surface area contributed by atoms with Crippen molar-refractivity contribution >= 4 is 17.4 Å². The number of pyridine rings is 1. The van der Waals surface area contributed by atoms with Gasteiger partial charge in [-0.2, -0.15) is 0 Å². The minimum Gasteiger partial charge on any atom is -0.507 e. The maximum Gasteiger partial charge on any atom is 0.295 e. The van der Waals surface area contributed by atoms with Gasteiger partial charge < -0.3 is 19.5 Å². The molecule has 1 aromatic heterocycles. The molecule has 1 fully saturated rings. The van der Waals surface area contributed by atoms with Gasteiger partial charge in [0.15, 0.2) is 11.5 Å². The molecular formula is C23H26N2O5. The van der Waals surface area contributed by atoms with Crippen molar-refractivity contribution in [2.45, 2.75) is 32.2 Å². The van der Waals surface area contributed by atoms with Crippen LogP contribution >= 0.6 is 0 Å². The highest BCUT2D eigenvalue weighted by molar-refractivity contribution is 6.46. The first-order chi connectivity index (χ1) is 14.5. The zero-order valence-corrected chi connectivity index (χ0v) is 17.4. The molecule has 30 heavy (non-hydrogen) atoms. The Hall–Kier alpha value is -3.35. The number of hydrogen-bond acceptors (Lipinski definition) is 6. The monoisotopic (exact) mass is 410 g/mol. The molecule has 0 radical (unpaired) electrons. The first kappa shape index (κ1) is 21.4. The molecule has 7 heteroatoms. The Kier molecular flexibility index (Phi) is 6.72. The number of Topliss-reactive ketones (excluding diaryl/α,β-unsaturated/α-hetero) is 1.